The standard InChI is InChI=1S/C22H17FO3S/c1-27(24,25)19-11-9-15(10-12-19)22-20(16-6-4-7-18(23)13-16)14-17-5-2-3-8-21(17)26-22/h2-13H,14H2,1H3. The zero-order valence-corrected chi connectivity index (χ0v) is 15.5. The van der Waals surface area contributed by atoms with Crippen molar-refractivity contribution in [2.24, 2.45) is 0 Å². The molecule has 0 saturated carbocycles. The van der Waals surface area contributed by atoms with E-state index < -0.39 is 9.84 Å². The second-order valence-electron chi connectivity index (χ2n) is 6.50. The highest BCUT2D eigenvalue weighted by Crippen LogP contribution is 2.39. The molecule has 0 unspecified atom stereocenters. The largest absolute Gasteiger partial charge is 0.456 e. The van der Waals surface area contributed by atoms with Gasteiger partial charge in [0.1, 0.15) is 17.3 Å². The second-order valence-corrected chi connectivity index (χ2v) is 8.52. The molecule has 0 fully saturated rings. The predicted molar refractivity (Wildman–Crippen MR) is 104 cm³/mol. The molecule has 3 nitrogen and oxygen atoms in total. The van der Waals surface area contributed by atoms with Crippen LogP contribution < -0.4 is 4.74 Å². The van der Waals surface area contributed by atoms with Gasteiger partial charge in [0.25, 0.3) is 0 Å². The van der Waals surface area contributed by atoms with E-state index in [4.69, 9.17) is 4.74 Å². The third kappa shape index (κ3) is 3.51. The zero-order chi connectivity index (χ0) is 19.0. The fourth-order valence-electron chi connectivity index (χ4n) is 3.19. The second kappa shape index (κ2) is 6.67. The minimum atomic E-state index is -3.28. The van der Waals surface area contributed by atoms with Crippen molar-refractivity contribution in [2.45, 2.75) is 11.3 Å². The molecule has 3 aromatic carbocycles. The van der Waals surface area contributed by atoms with Crippen LogP contribution >= 0.6 is 0 Å². The number of ether oxygens (including phenoxy) is 1. The van der Waals surface area contributed by atoms with Gasteiger partial charge in [-0.2, -0.15) is 0 Å². The van der Waals surface area contributed by atoms with Gasteiger partial charge in [-0.3, -0.25) is 0 Å². The van der Waals surface area contributed by atoms with Crippen molar-refractivity contribution in [2.75, 3.05) is 6.26 Å². The molecule has 0 spiro atoms. The number of sulfone groups is 1. The lowest BCUT2D eigenvalue weighted by atomic mass is 9.92. The van der Waals surface area contributed by atoms with Gasteiger partial charge >= 0.3 is 0 Å². The fourth-order valence-corrected chi connectivity index (χ4v) is 3.82. The molecule has 1 aliphatic rings. The average molecular weight is 380 g/mol. The lowest BCUT2D eigenvalue weighted by Crippen LogP contribution is -2.09. The molecule has 1 aliphatic heterocycles. The van der Waals surface area contributed by atoms with Crippen molar-refractivity contribution in [3.05, 3.63) is 95.3 Å². The quantitative estimate of drug-likeness (QED) is 0.660. The molecular formula is C22H17FO3S. The van der Waals surface area contributed by atoms with E-state index in [-0.39, 0.29) is 10.7 Å². The van der Waals surface area contributed by atoms with Gasteiger partial charge in [0.15, 0.2) is 9.84 Å². The first-order valence-corrected chi connectivity index (χ1v) is 10.4. The van der Waals surface area contributed by atoms with Crippen LogP contribution in [0.15, 0.2) is 77.7 Å². The molecule has 1 heterocycles. The Balaban J connectivity index is 1.87. The van der Waals surface area contributed by atoms with E-state index >= 15 is 0 Å². The first kappa shape index (κ1) is 17.5. The summed E-state index contributed by atoms with van der Waals surface area (Å²) in [6, 6.07) is 20.7. The van der Waals surface area contributed by atoms with Crippen LogP contribution in [0.2, 0.25) is 0 Å². The minimum Gasteiger partial charge on any atom is -0.456 e. The van der Waals surface area contributed by atoms with Gasteiger partial charge in [-0.05, 0) is 53.6 Å². The van der Waals surface area contributed by atoms with E-state index in [1.807, 2.05) is 30.3 Å². The lowest BCUT2D eigenvalue weighted by molar-refractivity contribution is 0.502. The molecule has 0 aliphatic carbocycles. The molecule has 5 heteroatoms. The summed E-state index contributed by atoms with van der Waals surface area (Å²) in [4.78, 5) is 0.246. The average Bonchev–Trinajstić information content (AvgIpc) is 2.66. The summed E-state index contributed by atoms with van der Waals surface area (Å²) >= 11 is 0. The van der Waals surface area contributed by atoms with Crippen LogP contribution in [0.1, 0.15) is 16.7 Å². The number of hydrogen-bond acceptors (Lipinski definition) is 3. The molecule has 0 atom stereocenters. The highest BCUT2D eigenvalue weighted by atomic mass is 32.2. The van der Waals surface area contributed by atoms with Crippen LogP contribution in [0.4, 0.5) is 4.39 Å². The number of hydrogen-bond donors (Lipinski definition) is 0. The van der Waals surface area contributed by atoms with E-state index in [2.05, 4.69) is 0 Å². The van der Waals surface area contributed by atoms with Crippen molar-refractivity contribution in [3.63, 3.8) is 0 Å². The molecule has 0 saturated heterocycles. The first-order valence-electron chi connectivity index (χ1n) is 8.47. The number of benzene rings is 3. The SMILES string of the molecule is CS(=O)(=O)c1ccc(C2=C(c3cccc(F)c3)Cc3ccccc3O2)cc1. The molecule has 0 radical (unpaired) electrons. The summed E-state index contributed by atoms with van der Waals surface area (Å²) in [5, 5.41) is 0. The zero-order valence-electron chi connectivity index (χ0n) is 14.6. The number of fused-ring (bicyclic) bond motifs is 1. The summed E-state index contributed by atoms with van der Waals surface area (Å²) in [5.41, 5.74) is 3.37. The molecular weight excluding hydrogens is 363 g/mol. The lowest BCUT2D eigenvalue weighted by Gasteiger charge is -2.24. The Morgan fingerprint density at radius 1 is 0.889 bits per heavy atom. The van der Waals surface area contributed by atoms with Gasteiger partial charge in [-0.15, -0.1) is 0 Å². The summed E-state index contributed by atoms with van der Waals surface area (Å²) in [5.74, 6) is 1.05. The third-order valence-corrected chi connectivity index (χ3v) is 5.67. The van der Waals surface area contributed by atoms with Gasteiger partial charge in [-0.1, -0.05) is 30.3 Å². The number of rotatable bonds is 3. The number of allylic oxidation sites excluding steroid dienone is 1. The van der Waals surface area contributed by atoms with Crippen LogP contribution in [0.5, 0.6) is 5.75 Å². The molecule has 4 rings (SSSR count). The Kier molecular flexibility index (Phi) is 4.32. The van der Waals surface area contributed by atoms with Crippen LogP contribution in [0.3, 0.4) is 0 Å². The predicted octanol–water partition coefficient (Wildman–Crippen LogP) is 4.73. The van der Waals surface area contributed by atoms with Gasteiger partial charge in [0.05, 0.1) is 4.90 Å². The van der Waals surface area contributed by atoms with E-state index in [0.717, 1.165) is 28.0 Å². The van der Waals surface area contributed by atoms with Gasteiger partial charge < -0.3 is 4.74 Å². The Morgan fingerprint density at radius 2 is 1.63 bits per heavy atom. The smallest absolute Gasteiger partial charge is 0.175 e. The molecule has 0 aromatic heterocycles. The minimum absolute atomic E-state index is 0.246. The highest BCUT2D eigenvalue weighted by molar-refractivity contribution is 7.90. The summed E-state index contributed by atoms with van der Waals surface area (Å²) < 4.78 is 43.4. The fraction of sp³-hybridized carbons (Fsp3) is 0.0909. The van der Waals surface area contributed by atoms with Gasteiger partial charge in [-0.25, -0.2) is 12.8 Å². The Morgan fingerprint density at radius 3 is 2.33 bits per heavy atom. The van der Waals surface area contributed by atoms with Gasteiger partial charge in [0, 0.05) is 23.8 Å². The normalized spacial score (nSPS) is 13.9. The van der Waals surface area contributed by atoms with Crippen molar-refractivity contribution in [3.8, 4) is 5.75 Å². The van der Waals surface area contributed by atoms with Gasteiger partial charge in [0.2, 0.25) is 0 Å². The van der Waals surface area contributed by atoms with Crippen LogP contribution in [0.25, 0.3) is 11.3 Å². The van der Waals surface area contributed by atoms with E-state index in [0.29, 0.717) is 12.2 Å². The molecule has 3 aromatic rings. The van der Waals surface area contributed by atoms with E-state index in [1.165, 1.54) is 18.4 Å². The van der Waals surface area contributed by atoms with Crippen molar-refractivity contribution < 1.29 is 17.5 Å². The Bertz CT molecular complexity index is 1150. The van der Waals surface area contributed by atoms with Crippen molar-refractivity contribution in [1.82, 2.24) is 0 Å². The summed E-state index contributed by atoms with van der Waals surface area (Å²) in [6.07, 6.45) is 1.77. The van der Waals surface area contributed by atoms with E-state index in [9.17, 15) is 12.8 Å². The van der Waals surface area contributed by atoms with Crippen LogP contribution in [0, 0.1) is 5.82 Å². The maximum atomic E-state index is 13.8. The van der Waals surface area contributed by atoms with Crippen molar-refractivity contribution in [1.29, 1.82) is 0 Å². The topological polar surface area (TPSA) is 43.4 Å². The van der Waals surface area contributed by atoms with E-state index in [1.54, 1.807) is 30.3 Å². The molecule has 0 amide bonds. The number of halogens is 1. The Hall–Kier alpha value is -2.92. The molecule has 0 bridgehead atoms. The highest BCUT2D eigenvalue weighted by Gasteiger charge is 2.22. The summed E-state index contributed by atoms with van der Waals surface area (Å²) in [7, 11) is -3.28. The summed E-state index contributed by atoms with van der Waals surface area (Å²) in [6.45, 7) is 0. The molecule has 0 N–H and O–H groups in total. The third-order valence-electron chi connectivity index (χ3n) is 4.54. The molecule has 136 valence electrons. The van der Waals surface area contributed by atoms with Crippen molar-refractivity contribution >= 4 is 21.2 Å². The molecule has 27 heavy (non-hydrogen) atoms. The maximum Gasteiger partial charge on any atom is 0.175 e. The monoisotopic (exact) mass is 380 g/mol. The first-order chi connectivity index (χ1) is 12.9. The van der Waals surface area contributed by atoms with Crippen LogP contribution in [-0.2, 0) is 16.3 Å². The maximum absolute atomic E-state index is 13.8. The van der Waals surface area contributed by atoms with Crippen LogP contribution in [-0.4, -0.2) is 14.7 Å². The number of para-hydroxylation sites is 1. The Labute approximate surface area is 157 Å².